The topological polar surface area (TPSA) is 125 Å². The quantitative estimate of drug-likeness (QED) is 0.471. The summed E-state index contributed by atoms with van der Waals surface area (Å²) < 4.78 is 35.9. The first kappa shape index (κ1) is 27.1. The molecular weight excluding hydrogens is 546 g/mol. The number of ether oxygens (including phenoxy) is 1. The number of benzene rings is 2. The number of sulfonamides is 1. The van der Waals surface area contributed by atoms with Crippen LogP contribution in [0.1, 0.15) is 17.5 Å². The van der Waals surface area contributed by atoms with Gasteiger partial charge in [-0.1, -0.05) is 29.8 Å². The number of carbonyl (C=O) groups excluding carboxylic acids is 2. The average molecular weight is 574 g/mol. The molecule has 3 heterocycles. The van der Waals surface area contributed by atoms with Crippen molar-refractivity contribution in [2.45, 2.75) is 29.1 Å². The fourth-order valence-corrected chi connectivity index (χ4v) is 7.16. The Balaban J connectivity index is 1.87. The normalized spacial score (nSPS) is 23.2. The maximum Gasteiger partial charge on any atom is 0.290 e. The molecule has 206 valence electrons. The lowest BCUT2D eigenvalue weighted by molar-refractivity contribution is -0.138. The molecule has 0 saturated carbocycles. The van der Waals surface area contributed by atoms with Crippen LogP contribution in [0, 0.1) is 0 Å². The van der Waals surface area contributed by atoms with Gasteiger partial charge in [-0.15, -0.1) is 0 Å². The van der Waals surface area contributed by atoms with E-state index in [1.54, 1.807) is 50.3 Å². The van der Waals surface area contributed by atoms with E-state index in [4.69, 9.17) is 16.3 Å². The van der Waals surface area contributed by atoms with E-state index in [9.17, 15) is 23.1 Å². The van der Waals surface area contributed by atoms with E-state index in [-0.39, 0.29) is 40.2 Å². The van der Waals surface area contributed by atoms with Crippen LogP contribution in [0.25, 0.3) is 0 Å². The standard InChI is InChI=1S/C26H28ClN5O6S/c1-29(2)24(34)21-12-17(33)13-31(21)26(18-7-5-6-8-22(18)38-4)19-11-16(27)9-10-20(19)32(25(26)35)39(36,37)23-14-30(3)15-28-23/h5-11,14-15,17,21,33H,12-13H2,1-4H3/t17-,21+,26?/m1/s1. The van der Waals surface area contributed by atoms with Gasteiger partial charge in [0.05, 0.1) is 31.3 Å². The number of rotatable bonds is 6. The third-order valence-electron chi connectivity index (χ3n) is 7.18. The lowest BCUT2D eigenvalue weighted by Crippen LogP contribution is -2.59. The monoisotopic (exact) mass is 573 g/mol. The van der Waals surface area contributed by atoms with E-state index in [1.165, 1.54) is 47.3 Å². The zero-order valence-corrected chi connectivity index (χ0v) is 23.3. The van der Waals surface area contributed by atoms with Gasteiger partial charge >= 0.3 is 0 Å². The number of carbonyl (C=O) groups is 2. The van der Waals surface area contributed by atoms with Crippen molar-refractivity contribution >= 4 is 39.1 Å². The highest BCUT2D eigenvalue weighted by Gasteiger charge is 2.64. The summed E-state index contributed by atoms with van der Waals surface area (Å²) in [5.74, 6) is -0.907. The van der Waals surface area contributed by atoms with Crippen molar-refractivity contribution in [2.24, 2.45) is 7.05 Å². The highest BCUT2D eigenvalue weighted by atomic mass is 35.5. The van der Waals surface area contributed by atoms with E-state index in [0.717, 1.165) is 4.31 Å². The van der Waals surface area contributed by atoms with Crippen LogP contribution in [0.15, 0.2) is 60.0 Å². The fourth-order valence-electron chi connectivity index (χ4n) is 5.55. The van der Waals surface area contributed by atoms with Crippen LogP contribution >= 0.6 is 11.6 Å². The Kier molecular flexibility index (Phi) is 6.70. The molecule has 1 saturated heterocycles. The third-order valence-corrected chi connectivity index (χ3v) is 9.00. The van der Waals surface area contributed by atoms with Crippen LogP contribution in [0.2, 0.25) is 5.02 Å². The summed E-state index contributed by atoms with van der Waals surface area (Å²) in [5, 5.41) is 10.8. The first-order valence-corrected chi connectivity index (χ1v) is 13.9. The molecule has 2 amide bonds. The highest BCUT2D eigenvalue weighted by molar-refractivity contribution is 7.93. The summed E-state index contributed by atoms with van der Waals surface area (Å²) in [7, 11) is 1.72. The molecule has 0 aliphatic carbocycles. The van der Waals surface area contributed by atoms with Gasteiger partial charge in [-0.2, -0.15) is 12.7 Å². The Hall–Kier alpha value is -3.45. The number of nitrogens with zero attached hydrogens (tertiary/aromatic N) is 5. The molecule has 3 atom stereocenters. The molecule has 3 aromatic rings. The Morgan fingerprint density at radius 3 is 2.56 bits per heavy atom. The van der Waals surface area contributed by atoms with Crippen molar-refractivity contribution < 1.29 is 27.9 Å². The average Bonchev–Trinajstić information content (AvgIpc) is 3.57. The molecule has 11 nitrogen and oxygen atoms in total. The number of halogens is 1. The molecule has 1 N–H and O–H groups in total. The number of imidazole rings is 1. The summed E-state index contributed by atoms with van der Waals surface area (Å²) in [4.78, 5) is 35.3. The molecule has 0 spiro atoms. The second-order valence-corrected chi connectivity index (χ2v) is 12.0. The molecule has 13 heteroatoms. The first-order valence-electron chi connectivity index (χ1n) is 12.1. The number of fused-ring (bicyclic) bond motifs is 1. The van der Waals surface area contributed by atoms with Gasteiger partial charge in [-0.3, -0.25) is 14.5 Å². The van der Waals surface area contributed by atoms with Crippen LogP contribution in [-0.4, -0.2) is 84.6 Å². The number of amides is 2. The van der Waals surface area contributed by atoms with Crippen molar-refractivity contribution in [1.82, 2.24) is 19.4 Å². The van der Waals surface area contributed by atoms with Crippen molar-refractivity contribution in [3.05, 3.63) is 71.1 Å². The second kappa shape index (κ2) is 9.63. The molecule has 2 aliphatic heterocycles. The van der Waals surface area contributed by atoms with Crippen molar-refractivity contribution in [3.8, 4) is 5.75 Å². The Labute approximate surface area is 231 Å². The number of likely N-dealkylation sites (tertiary alicyclic amines) is 1. The van der Waals surface area contributed by atoms with E-state index in [1.807, 2.05) is 0 Å². The number of aryl methyl sites for hydroxylation is 1. The number of likely N-dealkylation sites (N-methyl/N-ethyl adjacent to an activating group) is 1. The van der Waals surface area contributed by atoms with Gasteiger partial charge in [-0.05, 0) is 30.7 Å². The number of hydrogen-bond donors (Lipinski definition) is 1. The second-order valence-electron chi connectivity index (χ2n) is 9.81. The molecule has 5 rings (SSSR count). The van der Waals surface area contributed by atoms with Crippen LogP contribution < -0.4 is 9.04 Å². The highest BCUT2D eigenvalue weighted by Crippen LogP contribution is 2.54. The van der Waals surface area contributed by atoms with Crippen molar-refractivity contribution in [1.29, 1.82) is 0 Å². The van der Waals surface area contributed by atoms with Gasteiger partial charge in [0.1, 0.15) is 5.75 Å². The number of aliphatic hydroxyl groups excluding tert-OH is 1. The number of hydrogen-bond acceptors (Lipinski definition) is 8. The van der Waals surface area contributed by atoms with Gasteiger partial charge in [0.2, 0.25) is 5.91 Å². The lowest BCUT2D eigenvalue weighted by atomic mass is 9.80. The Bertz CT molecular complexity index is 1570. The minimum atomic E-state index is -4.51. The van der Waals surface area contributed by atoms with Gasteiger partial charge in [0.15, 0.2) is 10.6 Å². The molecule has 0 bridgehead atoms. The van der Waals surface area contributed by atoms with Gasteiger partial charge in [-0.25, -0.2) is 4.98 Å². The van der Waals surface area contributed by atoms with Crippen molar-refractivity contribution in [2.75, 3.05) is 32.1 Å². The number of methoxy groups -OCH3 is 1. The van der Waals surface area contributed by atoms with Gasteiger partial charge < -0.3 is 19.3 Å². The third kappa shape index (κ3) is 4.01. The van der Waals surface area contributed by atoms with E-state index in [2.05, 4.69) is 4.98 Å². The van der Waals surface area contributed by atoms with Crippen LogP contribution in [0.5, 0.6) is 5.75 Å². The van der Waals surface area contributed by atoms with Crippen molar-refractivity contribution in [3.63, 3.8) is 0 Å². The number of aromatic nitrogens is 2. The van der Waals surface area contributed by atoms with E-state index in [0.29, 0.717) is 11.3 Å². The maximum absolute atomic E-state index is 14.9. The number of para-hydroxylation sites is 1. The van der Waals surface area contributed by atoms with Gasteiger partial charge in [0, 0.05) is 50.0 Å². The van der Waals surface area contributed by atoms with E-state index >= 15 is 0 Å². The molecule has 1 aromatic heterocycles. The predicted molar refractivity (Wildman–Crippen MR) is 143 cm³/mol. The summed E-state index contributed by atoms with van der Waals surface area (Å²) in [5.41, 5.74) is -1.26. The molecule has 2 aromatic carbocycles. The zero-order chi connectivity index (χ0) is 28.3. The molecule has 39 heavy (non-hydrogen) atoms. The maximum atomic E-state index is 14.9. The van der Waals surface area contributed by atoms with Crippen LogP contribution in [0.3, 0.4) is 0 Å². The SMILES string of the molecule is COc1ccccc1C1(N2C[C@H](O)C[C@H]2C(=O)N(C)C)C(=O)N(S(=O)(=O)c2cn(C)cn2)c2ccc(Cl)cc21. The lowest BCUT2D eigenvalue weighted by Gasteiger charge is -2.42. The molecule has 0 radical (unpaired) electrons. The minimum absolute atomic E-state index is 0.0457. The zero-order valence-electron chi connectivity index (χ0n) is 21.8. The fraction of sp³-hybridized carbons (Fsp3) is 0.346. The summed E-state index contributed by atoms with van der Waals surface area (Å²) in [6.07, 6.45) is 1.72. The Morgan fingerprint density at radius 2 is 1.92 bits per heavy atom. The van der Waals surface area contributed by atoms with Crippen LogP contribution in [0.4, 0.5) is 5.69 Å². The number of aliphatic hydroxyl groups is 1. The molecule has 1 fully saturated rings. The largest absolute Gasteiger partial charge is 0.496 e. The predicted octanol–water partition coefficient (Wildman–Crippen LogP) is 1.58. The summed E-state index contributed by atoms with van der Waals surface area (Å²) >= 11 is 6.46. The molecule has 2 aliphatic rings. The Morgan fingerprint density at radius 1 is 1.21 bits per heavy atom. The number of anilines is 1. The smallest absolute Gasteiger partial charge is 0.290 e. The first-order chi connectivity index (χ1) is 18.4. The van der Waals surface area contributed by atoms with Crippen LogP contribution in [-0.2, 0) is 32.2 Å². The summed E-state index contributed by atoms with van der Waals surface area (Å²) in [6.45, 7) is -0.0859. The minimum Gasteiger partial charge on any atom is -0.496 e. The summed E-state index contributed by atoms with van der Waals surface area (Å²) in [6, 6.07) is 10.3. The number of β-amino-alcohol motifs (C(OH)–C–C–N with tert-alkyl or cyclic N) is 1. The molecule has 1 unspecified atom stereocenters. The van der Waals surface area contributed by atoms with E-state index < -0.39 is 33.6 Å². The van der Waals surface area contributed by atoms with Gasteiger partial charge in [0.25, 0.3) is 15.9 Å². The molecular formula is C26H28ClN5O6S.